The molecule has 0 saturated heterocycles. The van der Waals surface area contributed by atoms with Crippen molar-refractivity contribution >= 4 is 5.91 Å². The molecule has 0 aliphatic carbocycles. The Morgan fingerprint density at radius 3 is 2.25 bits per heavy atom. The highest BCUT2D eigenvalue weighted by Crippen LogP contribution is 2.16. The lowest BCUT2D eigenvalue weighted by Crippen LogP contribution is -2.20. The van der Waals surface area contributed by atoms with Gasteiger partial charge in [-0.3, -0.25) is 4.79 Å². The van der Waals surface area contributed by atoms with Gasteiger partial charge in [0.05, 0.1) is 0 Å². The largest absolute Gasteiger partial charge is 0.370 e. The van der Waals surface area contributed by atoms with Crippen molar-refractivity contribution in [2.45, 2.75) is 32.7 Å². The summed E-state index contributed by atoms with van der Waals surface area (Å²) in [5.74, 6) is 0.281. The van der Waals surface area contributed by atoms with E-state index in [0.717, 1.165) is 12.0 Å². The van der Waals surface area contributed by atoms with E-state index in [4.69, 9.17) is 11.5 Å². The quantitative estimate of drug-likeness (QED) is 0.793. The summed E-state index contributed by atoms with van der Waals surface area (Å²) in [4.78, 5) is 10.7. The second-order valence-electron chi connectivity index (χ2n) is 4.62. The zero-order valence-electron chi connectivity index (χ0n) is 9.94. The molecule has 0 saturated carbocycles. The van der Waals surface area contributed by atoms with Crippen molar-refractivity contribution in [1.29, 1.82) is 0 Å². The van der Waals surface area contributed by atoms with Crippen LogP contribution in [-0.2, 0) is 11.2 Å². The molecule has 0 radical (unpaired) electrons. The van der Waals surface area contributed by atoms with Crippen molar-refractivity contribution < 1.29 is 4.79 Å². The van der Waals surface area contributed by atoms with Gasteiger partial charge in [-0.2, -0.15) is 0 Å². The van der Waals surface area contributed by atoms with E-state index in [9.17, 15) is 4.79 Å². The first kappa shape index (κ1) is 12.7. The fourth-order valence-corrected chi connectivity index (χ4v) is 1.71. The van der Waals surface area contributed by atoms with Crippen molar-refractivity contribution in [3.8, 4) is 0 Å². The molecule has 0 aromatic heterocycles. The number of primary amides is 1. The number of carbonyl (C=O) groups excluding carboxylic acids is 1. The smallest absolute Gasteiger partial charge is 0.219 e. The molecule has 88 valence electrons. The summed E-state index contributed by atoms with van der Waals surface area (Å²) in [6.45, 7) is 4.37. The van der Waals surface area contributed by atoms with Crippen LogP contribution in [0.5, 0.6) is 0 Å². The van der Waals surface area contributed by atoms with Crippen molar-refractivity contribution in [2.24, 2.45) is 17.4 Å². The van der Waals surface area contributed by atoms with Crippen LogP contribution in [0.3, 0.4) is 0 Å². The number of rotatable bonds is 5. The molecule has 0 heterocycles. The highest BCUT2D eigenvalue weighted by atomic mass is 16.1. The predicted molar refractivity (Wildman–Crippen MR) is 65.7 cm³/mol. The second kappa shape index (κ2) is 5.66. The van der Waals surface area contributed by atoms with Gasteiger partial charge in [-0.25, -0.2) is 0 Å². The minimum Gasteiger partial charge on any atom is -0.370 e. The van der Waals surface area contributed by atoms with Crippen LogP contribution < -0.4 is 11.5 Å². The fraction of sp³-hybridized carbons (Fsp3) is 0.462. The Morgan fingerprint density at radius 1 is 1.25 bits per heavy atom. The molecule has 1 rings (SSSR count). The van der Waals surface area contributed by atoms with E-state index in [0.29, 0.717) is 5.92 Å². The third-order valence-electron chi connectivity index (χ3n) is 2.47. The highest BCUT2D eigenvalue weighted by molar-refractivity contribution is 5.74. The molecule has 0 aliphatic rings. The third kappa shape index (κ3) is 4.03. The summed E-state index contributed by atoms with van der Waals surface area (Å²) in [5, 5.41) is 0. The third-order valence-corrected chi connectivity index (χ3v) is 2.47. The molecule has 0 bridgehead atoms. The topological polar surface area (TPSA) is 69.1 Å². The van der Waals surface area contributed by atoms with Gasteiger partial charge in [-0.1, -0.05) is 38.1 Å². The maximum absolute atomic E-state index is 10.7. The van der Waals surface area contributed by atoms with Gasteiger partial charge >= 0.3 is 0 Å². The number of carbonyl (C=O) groups is 1. The zero-order chi connectivity index (χ0) is 12.1. The van der Waals surface area contributed by atoms with E-state index in [2.05, 4.69) is 26.0 Å². The number of benzene rings is 1. The Bertz CT molecular complexity index is 343. The molecule has 0 fully saturated rings. The first-order valence-electron chi connectivity index (χ1n) is 5.61. The molecule has 1 amide bonds. The van der Waals surface area contributed by atoms with Gasteiger partial charge in [0.2, 0.25) is 5.91 Å². The van der Waals surface area contributed by atoms with E-state index < -0.39 is 0 Å². The summed E-state index contributed by atoms with van der Waals surface area (Å²) in [6, 6.07) is 7.80. The number of nitrogens with two attached hydrogens (primary N) is 2. The summed E-state index contributed by atoms with van der Waals surface area (Å²) < 4.78 is 0. The number of hydrogen-bond donors (Lipinski definition) is 2. The van der Waals surface area contributed by atoms with E-state index >= 15 is 0 Å². The minimum absolute atomic E-state index is 0.198. The molecule has 0 aliphatic heterocycles. The molecule has 0 spiro atoms. The average molecular weight is 220 g/mol. The molecule has 4 N–H and O–H groups in total. The monoisotopic (exact) mass is 220 g/mol. The SMILES string of the molecule is CC(C)Cc1ccc(C(N)CC(N)=O)cc1. The molecular formula is C13H20N2O. The maximum atomic E-state index is 10.7. The summed E-state index contributed by atoms with van der Waals surface area (Å²) in [7, 11) is 0. The van der Waals surface area contributed by atoms with Crippen LogP contribution in [0, 0.1) is 5.92 Å². The van der Waals surface area contributed by atoms with Crippen molar-refractivity contribution in [2.75, 3.05) is 0 Å². The lowest BCUT2D eigenvalue weighted by atomic mass is 9.98. The fourth-order valence-electron chi connectivity index (χ4n) is 1.71. The number of hydrogen-bond acceptors (Lipinski definition) is 2. The van der Waals surface area contributed by atoms with Crippen LogP contribution in [-0.4, -0.2) is 5.91 Å². The van der Waals surface area contributed by atoms with Crippen LogP contribution in [0.1, 0.15) is 37.4 Å². The van der Waals surface area contributed by atoms with E-state index in [1.165, 1.54) is 5.56 Å². The van der Waals surface area contributed by atoms with Crippen molar-refractivity contribution in [3.63, 3.8) is 0 Å². The maximum Gasteiger partial charge on any atom is 0.219 e. The Balaban J connectivity index is 2.66. The molecule has 1 aromatic carbocycles. The first-order chi connectivity index (χ1) is 7.49. The Labute approximate surface area is 96.8 Å². The summed E-state index contributed by atoms with van der Waals surface area (Å²) >= 11 is 0. The van der Waals surface area contributed by atoms with Crippen LogP contribution in [0.15, 0.2) is 24.3 Å². The molecule has 1 aromatic rings. The molecule has 1 unspecified atom stereocenters. The van der Waals surface area contributed by atoms with Gasteiger partial charge in [0.1, 0.15) is 0 Å². The van der Waals surface area contributed by atoms with E-state index in [1.807, 2.05) is 12.1 Å². The van der Waals surface area contributed by atoms with Crippen molar-refractivity contribution in [3.05, 3.63) is 35.4 Å². The zero-order valence-corrected chi connectivity index (χ0v) is 9.94. The molecule has 3 nitrogen and oxygen atoms in total. The normalized spacial score (nSPS) is 12.8. The van der Waals surface area contributed by atoms with Gasteiger partial charge in [0.15, 0.2) is 0 Å². The predicted octanol–water partition coefficient (Wildman–Crippen LogP) is 1.76. The second-order valence-corrected chi connectivity index (χ2v) is 4.62. The molecule has 16 heavy (non-hydrogen) atoms. The molecular weight excluding hydrogens is 200 g/mol. The van der Waals surface area contributed by atoms with Gasteiger partial charge in [0, 0.05) is 12.5 Å². The van der Waals surface area contributed by atoms with Crippen molar-refractivity contribution in [1.82, 2.24) is 0 Å². The summed E-state index contributed by atoms with van der Waals surface area (Å²) in [5.41, 5.74) is 13.2. The Hall–Kier alpha value is -1.35. The lowest BCUT2D eigenvalue weighted by molar-refractivity contribution is -0.118. The Morgan fingerprint density at radius 2 is 1.81 bits per heavy atom. The van der Waals surface area contributed by atoms with Crippen LogP contribution >= 0.6 is 0 Å². The van der Waals surface area contributed by atoms with Gasteiger partial charge in [-0.05, 0) is 23.5 Å². The van der Waals surface area contributed by atoms with Gasteiger partial charge in [0.25, 0.3) is 0 Å². The van der Waals surface area contributed by atoms with Crippen LogP contribution in [0.25, 0.3) is 0 Å². The van der Waals surface area contributed by atoms with Gasteiger partial charge in [-0.15, -0.1) is 0 Å². The molecule has 1 atom stereocenters. The molecule has 3 heteroatoms. The number of amides is 1. The van der Waals surface area contributed by atoms with Crippen LogP contribution in [0.2, 0.25) is 0 Å². The minimum atomic E-state index is -0.362. The standard InChI is InChI=1S/C13H20N2O/c1-9(2)7-10-3-5-11(6-4-10)12(14)8-13(15)16/h3-6,9,12H,7-8,14H2,1-2H3,(H2,15,16). The van der Waals surface area contributed by atoms with E-state index in [1.54, 1.807) is 0 Å². The summed E-state index contributed by atoms with van der Waals surface area (Å²) in [6.07, 6.45) is 1.26. The van der Waals surface area contributed by atoms with Crippen LogP contribution in [0.4, 0.5) is 0 Å². The first-order valence-corrected chi connectivity index (χ1v) is 5.61. The average Bonchev–Trinajstić information content (AvgIpc) is 2.16. The Kier molecular flexibility index (Phi) is 4.50. The highest BCUT2D eigenvalue weighted by Gasteiger charge is 2.09. The van der Waals surface area contributed by atoms with E-state index in [-0.39, 0.29) is 18.4 Å². The van der Waals surface area contributed by atoms with Gasteiger partial charge < -0.3 is 11.5 Å². The lowest BCUT2D eigenvalue weighted by Gasteiger charge is -2.11.